The summed E-state index contributed by atoms with van der Waals surface area (Å²) in [7, 11) is -5.42. The van der Waals surface area contributed by atoms with Gasteiger partial charge in [-0.3, -0.25) is 14.6 Å². The van der Waals surface area contributed by atoms with Crippen molar-refractivity contribution >= 4 is 23.0 Å². The van der Waals surface area contributed by atoms with Crippen molar-refractivity contribution in [2.45, 2.75) is 39.0 Å². The molecule has 3 N–H and O–H groups in total. The van der Waals surface area contributed by atoms with E-state index in [0.29, 0.717) is 19.0 Å². The molecule has 0 aromatic carbocycles. The lowest BCUT2D eigenvalue weighted by molar-refractivity contribution is -0.165. The van der Waals surface area contributed by atoms with Crippen LogP contribution in [0.5, 0.6) is 0 Å². The van der Waals surface area contributed by atoms with Gasteiger partial charge in [-0.1, -0.05) is 0 Å². The van der Waals surface area contributed by atoms with E-state index in [1.165, 1.54) is 6.92 Å². The van der Waals surface area contributed by atoms with Crippen molar-refractivity contribution in [2.75, 3.05) is 6.54 Å². The summed E-state index contributed by atoms with van der Waals surface area (Å²) in [6, 6.07) is 0.515. The second-order valence-electron chi connectivity index (χ2n) is 4.36. The third-order valence-corrected chi connectivity index (χ3v) is 7.21. The predicted molar refractivity (Wildman–Crippen MR) is 64.2 cm³/mol. The molecule has 16 heavy (non-hydrogen) atoms. The van der Waals surface area contributed by atoms with E-state index in [2.05, 4.69) is 9.89 Å². The van der Waals surface area contributed by atoms with Gasteiger partial charge in [0.15, 0.2) is 0 Å². The van der Waals surface area contributed by atoms with E-state index in [1.54, 1.807) is 19.6 Å². The second kappa shape index (κ2) is 6.47. The van der Waals surface area contributed by atoms with Crippen LogP contribution in [0.2, 0.25) is 25.7 Å². The van der Waals surface area contributed by atoms with Crippen molar-refractivity contribution in [3.8, 4) is 0 Å². The summed E-state index contributed by atoms with van der Waals surface area (Å²) in [6.07, 6.45) is 0.646. The first-order valence-corrected chi connectivity index (χ1v) is 10.6. The smallest absolute Gasteiger partial charge is 0.363 e. The fourth-order valence-corrected chi connectivity index (χ4v) is 7.01. The third-order valence-electron chi connectivity index (χ3n) is 1.84. The Labute approximate surface area is 98.0 Å². The van der Waals surface area contributed by atoms with Crippen molar-refractivity contribution in [1.29, 1.82) is 0 Å². The van der Waals surface area contributed by atoms with Gasteiger partial charge in [-0.15, -0.1) is 0 Å². The Morgan fingerprint density at radius 1 is 1.38 bits per heavy atom. The third kappa shape index (κ3) is 7.96. The second-order valence-corrected chi connectivity index (χ2v) is 11.0. The van der Waals surface area contributed by atoms with Gasteiger partial charge in [0, 0.05) is 13.5 Å². The Morgan fingerprint density at radius 2 is 1.94 bits per heavy atom. The average molecular weight is 267 g/mol. The van der Waals surface area contributed by atoms with Gasteiger partial charge in [-0.05, 0) is 32.1 Å². The van der Waals surface area contributed by atoms with E-state index in [0.717, 1.165) is 0 Å². The number of amides is 1. The highest BCUT2D eigenvalue weighted by Crippen LogP contribution is 2.18. The lowest BCUT2D eigenvalue weighted by Gasteiger charge is -2.29. The van der Waals surface area contributed by atoms with Crippen LogP contribution in [0.15, 0.2) is 0 Å². The molecule has 0 aromatic rings. The molecule has 0 aliphatic carbocycles. The minimum atomic E-state index is -2.71. The van der Waals surface area contributed by atoms with E-state index in [1.807, 2.05) is 0 Å². The Hall–Kier alpha value is -0.256. The van der Waals surface area contributed by atoms with Crippen LogP contribution in [0.1, 0.15) is 13.3 Å². The molecule has 0 saturated heterocycles. The normalized spacial score (nSPS) is 15.6. The summed E-state index contributed by atoms with van der Waals surface area (Å²) in [5, 5.41) is 11.5. The first kappa shape index (κ1) is 15.7. The zero-order valence-electron chi connectivity index (χ0n) is 10.2. The highest BCUT2D eigenvalue weighted by atomic mass is 28.5. The largest absolute Gasteiger partial charge is 0.413 e. The predicted octanol–water partition coefficient (Wildman–Crippen LogP) is 0.785. The molecule has 8 heteroatoms. The molecule has 0 aromatic heterocycles. The standard InChI is InChI=1S/C8H21NO5Si2/c1-8(10)9-6-5-7-16(4,13-11)14-15(2,3)12/h11-12H,5-7H2,1-4H3,(H,9,10). The maximum atomic E-state index is 10.6. The average Bonchev–Trinajstić information content (AvgIpc) is 2.09. The summed E-state index contributed by atoms with van der Waals surface area (Å²) in [5.74, 6) is -0.0916. The zero-order chi connectivity index (χ0) is 12.8. The van der Waals surface area contributed by atoms with Crippen LogP contribution >= 0.6 is 0 Å². The minimum absolute atomic E-state index is 0.0916. The van der Waals surface area contributed by atoms with Crippen LogP contribution in [0.25, 0.3) is 0 Å². The lowest BCUT2D eigenvalue weighted by atomic mass is 10.5. The van der Waals surface area contributed by atoms with Crippen molar-refractivity contribution < 1.29 is 23.5 Å². The van der Waals surface area contributed by atoms with Gasteiger partial charge in [0.1, 0.15) is 0 Å². The van der Waals surface area contributed by atoms with Gasteiger partial charge < -0.3 is 14.2 Å². The molecule has 0 saturated carbocycles. The first-order valence-electron chi connectivity index (χ1n) is 5.18. The maximum Gasteiger partial charge on any atom is 0.363 e. The van der Waals surface area contributed by atoms with Gasteiger partial charge in [0.25, 0.3) is 0 Å². The molecule has 1 amide bonds. The molecule has 6 nitrogen and oxygen atoms in total. The van der Waals surface area contributed by atoms with Gasteiger partial charge >= 0.3 is 17.1 Å². The Morgan fingerprint density at radius 3 is 2.31 bits per heavy atom. The van der Waals surface area contributed by atoms with Crippen molar-refractivity contribution in [3.05, 3.63) is 0 Å². The number of hydrogen-bond acceptors (Lipinski definition) is 5. The summed E-state index contributed by atoms with van der Waals surface area (Å²) in [6.45, 7) is 6.87. The first-order chi connectivity index (χ1) is 7.18. The highest BCUT2D eigenvalue weighted by molar-refractivity contribution is 6.78. The molecule has 96 valence electrons. The van der Waals surface area contributed by atoms with Gasteiger partial charge in [-0.25, -0.2) is 0 Å². The molecular formula is C8H21NO5Si2. The summed E-state index contributed by atoms with van der Waals surface area (Å²) < 4.78 is 9.83. The number of carbonyl (C=O) groups is 1. The summed E-state index contributed by atoms with van der Waals surface area (Å²) >= 11 is 0. The maximum absolute atomic E-state index is 10.6. The molecule has 0 aliphatic heterocycles. The molecule has 0 rings (SSSR count). The molecule has 1 unspecified atom stereocenters. The minimum Gasteiger partial charge on any atom is -0.413 e. The van der Waals surface area contributed by atoms with E-state index >= 15 is 0 Å². The summed E-state index contributed by atoms with van der Waals surface area (Å²) in [4.78, 5) is 20.2. The van der Waals surface area contributed by atoms with E-state index in [9.17, 15) is 9.59 Å². The monoisotopic (exact) mass is 267 g/mol. The topological polar surface area (TPSA) is 88.0 Å². The van der Waals surface area contributed by atoms with Crippen molar-refractivity contribution in [2.24, 2.45) is 0 Å². The van der Waals surface area contributed by atoms with Gasteiger partial charge in [-0.2, -0.15) is 0 Å². The van der Waals surface area contributed by atoms with Crippen LogP contribution in [0, 0.1) is 0 Å². The number of hydrogen-bond donors (Lipinski definition) is 3. The molecule has 0 radical (unpaired) electrons. The molecule has 0 bridgehead atoms. The van der Waals surface area contributed by atoms with E-state index in [-0.39, 0.29) is 5.91 Å². The lowest BCUT2D eigenvalue weighted by Crippen LogP contribution is -2.48. The number of rotatable bonds is 7. The van der Waals surface area contributed by atoms with Crippen LogP contribution in [-0.4, -0.2) is 39.6 Å². The van der Waals surface area contributed by atoms with Crippen LogP contribution < -0.4 is 5.32 Å². The van der Waals surface area contributed by atoms with Crippen molar-refractivity contribution in [3.63, 3.8) is 0 Å². The SMILES string of the molecule is CC(=O)NCCC[Si](C)(OO)O[Si](C)(C)O. The van der Waals surface area contributed by atoms with E-state index < -0.39 is 17.1 Å². The summed E-state index contributed by atoms with van der Waals surface area (Å²) in [5.41, 5.74) is 0. The van der Waals surface area contributed by atoms with Crippen molar-refractivity contribution in [1.82, 2.24) is 5.32 Å². The Kier molecular flexibility index (Phi) is 6.37. The van der Waals surface area contributed by atoms with E-state index in [4.69, 9.17) is 9.37 Å². The molecule has 0 fully saturated rings. The fourth-order valence-electron chi connectivity index (χ4n) is 1.32. The quantitative estimate of drug-likeness (QED) is 0.275. The highest BCUT2D eigenvalue weighted by Gasteiger charge is 2.38. The Bertz CT molecular complexity index is 233. The van der Waals surface area contributed by atoms with Crippen LogP contribution in [0.3, 0.4) is 0 Å². The molecule has 0 heterocycles. The molecule has 1 atom stereocenters. The zero-order valence-corrected chi connectivity index (χ0v) is 12.2. The van der Waals surface area contributed by atoms with Gasteiger partial charge in [0.2, 0.25) is 5.91 Å². The fraction of sp³-hybridized carbons (Fsp3) is 0.875. The van der Waals surface area contributed by atoms with Crippen LogP contribution in [0.4, 0.5) is 0 Å². The van der Waals surface area contributed by atoms with Gasteiger partial charge in [0.05, 0.1) is 0 Å². The molecule has 0 aliphatic rings. The molecular weight excluding hydrogens is 246 g/mol. The number of carbonyl (C=O) groups excluding carboxylic acids is 1. The van der Waals surface area contributed by atoms with Crippen LogP contribution in [-0.2, 0) is 13.5 Å². The number of nitrogens with one attached hydrogen (secondary N) is 1. The Balaban J connectivity index is 4.02. The molecule has 0 spiro atoms.